The number of methoxy groups -OCH3 is 1. The summed E-state index contributed by atoms with van der Waals surface area (Å²) in [4.78, 5) is 24.1. The van der Waals surface area contributed by atoms with Gasteiger partial charge in [0, 0.05) is 12.0 Å². The summed E-state index contributed by atoms with van der Waals surface area (Å²) in [6.45, 7) is 5.71. The zero-order chi connectivity index (χ0) is 15.2. The maximum absolute atomic E-state index is 11.9. The number of esters is 1. The highest BCUT2D eigenvalue weighted by Gasteiger charge is 2.28. The second-order valence-electron chi connectivity index (χ2n) is 5.48. The third kappa shape index (κ3) is 5.30. The van der Waals surface area contributed by atoms with E-state index in [1.54, 1.807) is 11.3 Å². The molecule has 0 bridgehead atoms. The Morgan fingerprint density at radius 1 is 1.35 bits per heavy atom. The summed E-state index contributed by atoms with van der Waals surface area (Å²) in [6, 6.07) is 3.82. The van der Waals surface area contributed by atoms with Crippen LogP contribution >= 0.6 is 11.3 Å². The lowest BCUT2D eigenvalue weighted by Crippen LogP contribution is -2.38. The van der Waals surface area contributed by atoms with Crippen LogP contribution in [-0.4, -0.2) is 32.2 Å². The van der Waals surface area contributed by atoms with Crippen LogP contribution in [0.4, 0.5) is 0 Å². The standard InChI is InChI=1S/C14H21NO4S/c1-14(2,3)13(10-6-5-7-20-10)15-11(16)8-19-12(17)9-18-4/h5-7,13H,8-9H2,1-4H3,(H,15,16). The molecule has 1 aromatic rings. The van der Waals surface area contributed by atoms with Crippen molar-refractivity contribution in [3.05, 3.63) is 22.4 Å². The number of thiophene rings is 1. The first-order chi connectivity index (χ1) is 9.34. The fraction of sp³-hybridized carbons (Fsp3) is 0.571. The minimum atomic E-state index is -0.550. The van der Waals surface area contributed by atoms with E-state index in [2.05, 4.69) is 30.8 Å². The number of carbonyl (C=O) groups excluding carboxylic acids is 2. The number of hydrogen-bond acceptors (Lipinski definition) is 5. The van der Waals surface area contributed by atoms with Gasteiger partial charge in [-0.15, -0.1) is 11.3 Å². The summed E-state index contributed by atoms with van der Waals surface area (Å²) in [5, 5.41) is 4.88. The number of carbonyl (C=O) groups is 2. The van der Waals surface area contributed by atoms with E-state index in [0.717, 1.165) is 4.88 Å². The lowest BCUT2D eigenvalue weighted by molar-refractivity contribution is -0.152. The van der Waals surface area contributed by atoms with Crippen LogP contribution in [0.1, 0.15) is 31.7 Å². The van der Waals surface area contributed by atoms with Crippen molar-refractivity contribution in [3.63, 3.8) is 0 Å². The van der Waals surface area contributed by atoms with Crippen LogP contribution < -0.4 is 5.32 Å². The summed E-state index contributed by atoms with van der Waals surface area (Å²) in [7, 11) is 1.40. The van der Waals surface area contributed by atoms with E-state index in [-0.39, 0.29) is 30.6 Å². The monoisotopic (exact) mass is 299 g/mol. The molecule has 0 fully saturated rings. The molecule has 1 amide bonds. The molecule has 1 heterocycles. The zero-order valence-electron chi connectivity index (χ0n) is 12.3. The molecule has 1 rings (SSSR count). The van der Waals surface area contributed by atoms with E-state index in [4.69, 9.17) is 4.74 Å². The molecule has 20 heavy (non-hydrogen) atoms. The predicted octanol–water partition coefficient (Wildman–Crippen LogP) is 2.14. The molecule has 1 unspecified atom stereocenters. The average Bonchev–Trinajstić information content (AvgIpc) is 2.86. The first kappa shape index (κ1) is 16.7. The molecule has 1 N–H and O–H groups in total. The van der Waals surface area contributed by atoms with Gasteiger partial charge < -0.3 is 14.8 Å². The molecule has 6 heteroatoms. The minimum Gasteiger partial charge on any atom is -0.454 e. The normalized spacial score (nSPS) is 12.8. The van der Waals surface area contributed by atoms with Gasteiger partial charge in [0.15, 0.2) is 6.61 Å². The van der Waals surface area contributed by atoms with E-state index in [0.29, 0.717) is 0 Å². The largest absolute Gasteiger partial charge is 0.454 e. The Bertz CT molecular complexity index is 437. The third-order valence-electron chi connectivity index (χ3n) is 2.63. The Kier molecular flexibility index (Phi) is 6.16. The lowest BCUT2D eigenvalue weighted by atomic mass is 9.86. The molecule has 0 aliphatic heterocycles. The van der Waals surface area contributed by atoms with Gasteiger partial charge in [-0.05, 0) is 16.9 Å². The minimum absolute atomic E-state index is 0.115. The van der Waals surface area contributed by atoms with Gasteiger partial charge in [0.2, 0.25) is 0 Å². The highest BCUT2D eigenvalue weighted by Crippen LogP contribution is 2.34. The van der Waals surface area contributed by atoms with Crippen molar-refractivity contribution in [1.29, 1.82) is 0 Å². The quantitative estimate of drug-likeness (QED) is 0.817. The molecule has 0 aliphatic rings. The molecule has 5 nitrogen and oxygen atoms in total. The highest BCUT2D eigenvalue weighted by atomic mass is 32.1. The van der Waals surface area contributed by atoms with Gasteiger partial charge in [-0.2, -0.15) is 0 Å². The van der Waals surface area contributed by atoms with E-state index in [1.165, 1.54) is 7.11 Å². The topological polar surface area (TPSA) is 64.6 Å². The van der Waals surface area contributed by atoms with Crippen LogP contribution in [0.25, 0.3) is 0 Å². The third-order valence-corrected chi connectivity index (χ3v) is 3.56. The maximum atomic E-state index is 11.9. The van der Waals surface area contributed by atoms with Crippen LogP contribution in [0, 0.1) is 5.41 Å². The lowest BCUT2D eigenvalue weighted by Gasteiger charge is -2.30. The van der Waals surface area contributed by atoms with Gasteiger partial charge in [-0.3, -0.25) is 4.79 Å². The summed E-state index contributed by atoms with van der Waals surface area (Å²) in [6.07, 6.45) is 0. The molecule has 112 valence electrons. The van der Waals surface area contributed by atoms with E-state index in [9.17, 15) is 9.59 Å². The SMILES string of the molecule is COCC(=O)OCC(=O)NC(c1cccs1)C(C)(C)C. The molecule has 1 aromatic heterocycles. The second kappa shape index (κ2) is 7.40. The Labute approximate surface area is 123 Å². The van der Waals surface area contributed by atoms with E-state index < -0.39 is 5.97 Å². The van der Waals surface area contributed by atoms with Crippen LogP contribution in [0.2, 0.25) is 0 Å². The smallest absolute Gasteiger partial charge is 0.332 e. The van der Waals surface area contributed by atoms with Gasteiger partial charge >= 0.3 is 5.97 Å². The number of hydrogen-bond donors (Lipinski definition) is 1. The molecule has 0 aromatic carbocycles. The van der Waals surface area contributed by atoms with Crippen molar-refractivity contribution < 1.29 is 19.1 Å². The Morgan fingerprint density at radius 2 is 2.05 bits per heavy atom. The number of nitrogens with one attached hydrogen (secondary N) is 1. The molecular formula is C14H21NO4S. The van der Waals surface area contributed by atoms with Crippen LogP contribution in [0.5, 0.6) is 0 Å². The highest BCUT2D eigenvalue weighted by molar-refractivity contribution is 7.10. The van der Waals surface area contributed by atoms with Crippen molar-refractivity contribution in [2.45, 2.75) is 26.8 Å². The predicted molar refractivity (Wildman–Crippen MR) is 77.5 cm³/mol. The summed E-state index contributed by atoms with van der Waals surface area (Å²) < 4.78 is 9.43. The maximum Gasteiger partial charge on any atom is 0.332 e. The fourth-order valence-corrected chi connectivity index (χ4v) is 2.70. The van der Waals surface area contributed by atoms with Crippen molar-refractivity contribution in [2.75, 3.05) is 20.3 Å². The molecule has 0 spiro atoms. The Balaban J connectivity index is 2.58. The molecule has 0 radical (unpaired) electrons. The summed E-state index contributed by atoms with van der Waals surface area (Å²) in [5.41, 5.74) is -0.128. The van der Waals surface area contributed by atoms with Crippen molar-refractivity contribution in [3.8, 4) is 0 Å². The molecular weight excluding hydrogens is 278 g/mol. The first-order valence-electron chi connectivity index (χ1n) is 6.32. The Morgan fingerprint density at radius 3 is 2.55 bits per heavy atom. The fourth-order valence-electron chi connectivity index (χ4n) is 1.68. The summed E-state index contributed by atoms with van der Waals surface area (Å²) in [5.74, 6) is -0.867. The van der Waals surface area contributed by atoms with E-state index >= 15 is 0 Å². The number of rotatable bonds is 6. The first-order valence-corrected chi connectivity index (χ1v) is 7.20. The average molecular weight is 299 g/mol. The van der Waals surface area contributed by atoms with Crippen molar-refractivity contribution in [1.82, 2.24) is 5.32 Å². The molecule has 0 aliphatic carbocycles. The van der Waals surface area contributed by atoms with Gasteiger partial charge in [0.05, 0.1) is 6.04 Å². The second-order valence-corrected chi connectivity index (χ2v) is 6.45. The molecule has 1 atom stereocenters. The van der Waals surface area contributed by atoms with E-state index in [1.807, 2.05) is 17.5 Å². The van der Waals surface area contributed by atoms with Gasteiger partial charge in [0.25, 0.3) is 5.91 Å². The van der Waals surface area contributed by atoms with Crippen LogP contribution in [0.3, 0.4) is 0 Å². The van der Waals surface area contributed by atoms with Crippen LogP contribution in [0.15, 0.2) is 17.5 Å². The van der Waals surface area contributed by atoms with Crippen molar-refractivity contribution in [2.24, 2.45) is 5.41 Å². The van der Waals surface area contributed by atoms with Gasteiger partial charge in [0.1, 0.15) is 6.61 Å². The molecule has 0 saturated heterocycles. The number of amides is 1. The van der Waals surface area contributed by atoms with Crippen LogP contribution in [-0.2, 0) is 19.1 Å². The van der Waals surface area contributed by atoms with Gasteiger partial charge in [-0.25, -0.2) is 4.79 Å². The van der Waals surface area contributed by atoms with Crippen molar-refractivity contribution >= 4 is 23.2 Å². The Hall–Kier alpha value is -1.40. The zero-order valence-corrected chi connectivity index (χ0v) is 13.1. The summed E-state index contributed by atoms with van der Waals surface area (Å²) >= 11 is 1.59. The molecule has 0 saturated carbocycles. The number of ether oxygens (including phenoxy) is 2. The van der Waals surface area contributed by atoms with Gasteiger partial charge in [-0.1, -0.05) is 26.8 Å².